The number of nitrogens with one attached hydrogen (secondary N) is 2. The van der Waals surface area contributed by atoms with Crippen molar-refractivity contribution in [2.75, 3.05) is 26.4 Å². The summed E-state index contributed by atoms with van der Waals surface area (Å²) < 4.78 is 10.6. The van der Waals surface area contributed by atoms with E-state index in [0.717, 1.165) is 22.2 Å². The molecule has 2 heterocycles. The van der Waals surface area contributed by atoms with Crippen LogP contribution in [-0.4, -0.2) is 54.3 Å². The Morgan fingerprint density at radius 2 is 1.87 bits per heavy atom. The van der Waals surface area contributed by atoms with Crippen LogP contribution in [0.5, 0.6) is 11.5 Å². The maximum absolute atomic E-state index is 12.6. The Morgan fingerprint density at radius 3 is 2.61 bits per heavy atom. The monoisotopic (exact) mass is 447 g/mol. The Bertz CT molecular complexity index is 938. The molecule has 0 saturated carbocycles. The lowest BCUT2D eigenvalue weighted by Crippen LogP contribution is -2.39. The molecule has 0 spiro atoms. The van der Waals surface area contributed by atoms with Gasteiger partial charge in [0.25, 0.3) is 11.1 Å². The molecule has 1 fully saturated rings. The second kappa shape index (κ2) is 9.42. The molecule has 2 aliphatic rings. The molecule has 4 amide bonds. The molecule has 0 unspecified atom stereocenters. The lowest BCUT2D eigenvalue weighted by atomic mass is 9.96. The highest BCUT2D eigenvalue weighted by atomic mass is 32.2. The van der Waals surface area contributed by atoms with Crippen molar-refractivity contribution in [3.05, 3.63) is 28.7 Å². The van der Waals surface area contributed by atoms with Gasteiger partial charge in [0, 0.05) is 31.5 Å². The van der Waals surface area contributed by atoms with Gasteiger partial charge in [-0.15, -0.1) is 0 Å². The summed E-state index contributed by atoms with van der Waals surface area (Å²) in [5, 5.41) is 4.97. The number of amides is 4. The first-order chi connectivity index (χ1) is 14.6. The SMILES string of the molecule is CC(C)(C)C(=O)NCCC(=O)NCCN1C(=O)SC(=Cc2ccc3c(c2)OCO3)C1=O. The summed E-state index contributed by atoms with van der Waals surface area (Å²) in [4.78, 5) is 49.9. The Kier molecular flexibility index (Phi) is 6.89. The van der Waals surface area contributed by atoms with Crippen LogP contribution in [0.3, 0.4) is 0 Å². The molecule has 3 rings (SSSR count). The highest BCUT2D eigenvalue weighted by Crippen LogP contribution is 2.36. The predicted octanol–water partition coefficient (Wildman–Crippen LogP) is 2.12. The minimum absolute atomic E-state index is 0.0727. The van der Waals surface area contributed by atoms with Crippen LogP contribution >= 0.6 is 11.8 Å². The number of hydrogen-bond acceptors (Lipinski definition) is 7. The number of hydrogen-bond donors (Lipinski definition) is 2. The topological polar surface area (TPSA) is 114 Å². The highest BCUT2D eigenvalue weighted by Gasteiger charge is 2.34. The number of carbonyl (C=O) groups excluding carboxylic acids is 4. The van der Waals surface area contributed by atoms with Gasteiger partial charge in [0.15, 0.2) is 11.5 Å². The average Bonchev–Trinajstić information content (AvgIpc) is 3.26. The third-order valence-electron chi connectivity index (χ3n) is 4.54. The molecule has 0 aromatic heterocycles. The third kappa shape index (κ3) is 5.78. The molecular formula is C21H25N3O6S. The molecule has 10 heteroatoms. The summed E-state index contributed by atoms with van der Waals surface area (Å²) in [6, 6.07) is 5.27. The molecule has 31 heavy (non-hydrogen) atoms. The Morgan fingerprint density at radius 1 is 1.13 bits per heavy atom. The summed E-state index contributed by atoms with van der Waals surface area (Å²) in [5.41, 5.74) is 0.205. The molecule has 166 valence electrons. The van der Waals surface area contributed by atoms with Crippen LogP contribution < -0.4 is 20.1 Å². The molecule has 9 nitrogen and oxygen atoms in total. The van der Waals surface area contributed by atoms with Crippen molar-refractivity contribution in [1.82, 2.24) is 15.5 Å². The number of rotatable bonds is 7. The van der Waals surface area contributed by atoms with Crippen molar-refractivity contribution in [3.63, 3.8) is 0 Å². The second-order valence-electron chi connectivity index (χ2n) is 8.05. The molecular weight excluding hydrogens is 422 g/mol. The maximum atomic E-state index is 12.6. The van der Waals surface area contributed by atoms with E-state index in [0.29, 0.717) is 16.4 Å². The molecule has 0 aliphatic carbocycles. The van der Waals surface area contributed by atoms with Crippen LogP contribution in [0.25, 0.3) is 6.08 Å². The van der Waals surface area contributed by atoms with Gasteiger partial charge in [-0.05, 0) is 35.5 Å². The zero-order chi connectivity index (χ0) is 22.6. The van der Waals surface area contributed by atoms with Crippen LogP contribution in [0.2, 0.25) is 0 Å². The molecule has 1 aromatic rings. The summed E-state index contributed by atoms with van der Waals surface area (Å²) >= 11 is 0.854. The quantitative estimate of drug-likeness (QED) is 0.616. The van der Waals surface area contributed by atoms with Crippen molar-refractivity contribution in [1.29, 1.82) is 0 Å². The van der Waals surface area contributed by atoms with Crippen LogP contribution in [0.1, 0.15) is 32.8 Å². The van der Waals surface area contributed by atoms with Crippen molar-refractivity contribution >= 4 is 40.8 Å². The first kappa shape index (κ1) is 22.7. The summed E-state index contributed by atoms with van der Waals surface area (Å²) in [6.07, 6.45) is 1.75. The largest absolute Gasteiger partial charge is 0.454 e. The number of benzene rings is 1. The molecule has 1 aromatic carbocycles. The number of ether oxygens (including phenoxy) is 2. The van der Waals surface area contributed by atoms with Crippen molar-refractivity contribution < 1.29 is 28.7 Å². The molecule has 0 radical (unpaired) electrons. The van der Waals surface area contributed by atoms with Crippen LogP contribution in [0.4, 0.5) is 4.79 Å². The minimum atomic E-state index is -0.517. The summed E-state index contributed by atoms with van der Waals surface area (Å²) in [6.45, 7) is 5.97. The number of nitrogens with zero attached hydrogens (tertiary/aromatic N) is 1. The van der Waals surface area contributed by atoms with E-state index in [9.17, 15) is 19.2 Å². The Balaban J connectivity index is 1.46. The van der Waals surface area contributed by atoms with Crippen LogP contribution in [0.15, 0.2) is 23.1 Å². The van der Waals surface area contributed by atoms with Gasteiger partial charge in [0.05, 0.1) is 4.91 Å². The standard InChI is InChI=1S/C21H25N3O6S/c1-21(2,3)19(27)23-7-6-17(25)22-8-9-24-18(26)16(31-20(24)28)11-13-4-5-14-15(10-13)30-12-29-14/h4-5,10-11H,6-9,12H2,1-3H3,(H,22,25)(H,23,27). The van der Waals surface area contributed by atoms with Crippen molar-refractivity contribution in [3.8, 4) is 11.5 Å². The fourth-order valence-electron chi connectivity index (χ4n) is 2.80. The number of thioether (sulfide) groups is 1. The van der Waals surface area contributed by atoms with E-state index in [1.165, 1.54) is 0 Å². The maximum Gasteiger partial charge on any atom is 0.293 e. The second-order valence-corrected chi connectivity index (χ2v) is 9.05. The molecule has 0 bridgehead atoms. The Labute approximate surface area is 184 Å². The lowest BCUT2D eigenvalue weighted by molar-refractivity contribution is -0.128. The fraction of sp³-hybridized carbons (Fsp3) is 0.429. The van der Waals surface area contributed by atoms with Gasteiger partial charge in [0.1, 0.15) is 0 Å². The zero-order valence-electron chi connectivity index (χ0n) is 17.6. The van der Waals surface area contributed by atoms with Gasteiger partial charge in [-0.2, -0.15) is 0 Å². The normalized spacial score (nSPS) is 16.7. The molecule has 2 aliphatic heterocycles. The first-order valence-electron chi connectivity index (χ1n) is 9.85. The smallest absolute Gasteiger partial charge is 0.293 e. The highest BCUT2D eigenvalue weighted by molar-refractivity contribution is 8.18. The zero-order valence-corrected chi connectivity index (χ0v) is 18.5. The van der Waals surface area contributed by atoms with Gasteiger partial charge in [-0.25, -0.2) is 0 Å². The van der Waals surface area contributed by atoms with Gasteiger partial charge < -0.3 is 20.1 Å². The van der Waals surface area contributed by atoms with E-state index in [1.807, 2.05) is 0 Å². The lowest BCUT2D eigenvalue weighted by Gasteiger charge is -2.17. The van der Waals surface area contributed by atoms with Crippen molar-refractivity contribution in [2.24, 2.45) is 5.41 Å². The fourth-order valence-corrected chi connectivity index (χ4v) is 3.66. The van der Waals surface area contributed by atoms with Crippen LogP contribution in [-0.2, 0) is 14.4 Å². The van der Waals surface area contributed by atoms with Gasteiger partial charge in [0.2, 0.25) is 18.6 Å². The number of fused-ring (bicyclic) bond motifs is 1. The average molecular weight is 448 g/mol. The summed E-state index contributed by atoms with van der Waals surface area (Å²) in [5.74, 6) is 0.428. The van der Waals surface area contributed by atoms with Gasteiger partial charge >= 0.3 is 0 Å². The first-order valence-corrected chi connectivity index (χ1v) is 10.7. The summed E-state index contributed by atoms with van der Waals surface area (Å²) in [7, 11) is 0. The molecule has 0 atom stereocenters. The van der Waals surface area contributed by atoms with E-state index in [-0.39, 0.29) is 49.9 Å². The predicted molar refractivity (Wildman–Crippen MR) is 115 cm³/mol. The van der Waals surface area contributed by atoms with Gasteiger partial charge in [-0.3, -0.25) is 24.1 Å². The van der Waals surface area contributed by atoms with Gasteiger partial charge in [-0.1, -0.05) is 26.8 Å². The third-order valence-corrected chi connectivity index (χ3v) is 5.45. The van der Waals surface area contributed by atoms with E-state index < -0.39 is 11.3 Å². The number of carbonyl (C=O) groups is 4. The van der Waals surface area contributed by atoms with E-state index in [1.54, 1.807) is 45.0 Å². The molecule has 2 N–H and O–H groups in total. The van der Waals surface area contributed by atoms with Crippen LogP contribution in [0, 0.1) is 5.41 Å². The molecule has 1 saturated heterocycles. The minimum Gasteiger partial charge on any atom is -0.454 e. The van der Waals surface area contributed by atoms with E-state index in [4.69, 9.17) is 9.47 Å². The van der Waals surface area contributed by atoms with Crippen molar-refractivity contribution in [2.45, 2.75) is 27.2 Å². The van der Waals surface area contributed by atoms with E-state index in [2.05, 4.69) is 10.6 Å². The number of imide groups is 1. The Hall–Kier alpha value is -3.01. The van der Waals surface area contributed by atoms with E-state index >= 15 is 0 Å².